The Bertz CT molecular complexity index is 989. The quantitative estimate of drug-likeness (QED) is 0.463. The van der Waals surface area contributed by atoms with Crippen molar-refractivity contribution in [3.05, 3.63) is 60.9 Å². The zero-order valence-corrected chi connectivity index (χ0v) is 17.4. The Balaban J connectivity index is 0.000000391. The molecule has 0 saturated heterocycles. The van der Waals surface area contributed by atoms with E-state index in [-0.39, 0.29) is 0 Å². The summed E-state index contributed by atoms with van der Waals surface area (Å²) < 4.78 is 5.37. The maximum Gasteiger partial charge on any atom is 0.409 e. The molecule has 0 radical (unpaired) electrons. The smallest absolute Gasteiger partial charge is 0.409 e. The van der Waals surface area contributed by atoms with E-state index in [1.54, 1.807) is 31.4 Å². The van der Waals surface area contributed by atoms with Gasteiger partial charge in [0.1, 0.15) is 17.9 Å². The number of nitrogens with two attached hydrogens (primary N) is 1. The monoisotopic (exact) mass is 421 g/mol. The number of para-hydroxylation sites is 1. The summed E-state index contributed by atoms with van der Waals surface area (Å²) in [5.74, 6) is 1.35. The number of nitrogens with zero attached hydrogens (tertiary/aromatic N) is 2. The van der Waals surface area contributed by atoms with Gasteiger partial charge in [-0.25, -0.2) is 14.8 Å². The molecule has 1 aliphatic carbocycles. The molecule has 1 amide bonds. The first kappa shape index (κ1) is 22.0. The minimum atomic E-state index is -1.10. The lowest BCUT2D eigenvalue weighted by molar-refractivity contribution is 0.209. The van der Waals surface area contributed by atoms with E-state index in [1.165, 1.54) is 32.0 Å². The standard InChI is InChI=1S/C18H16N4O3.C5H11N/c1-25-16-5-3-2-4-14(16)15-10-17(20-11-19-15)21-12-6-8-13(9-7-12)22-18(23)24;6-5-3-1-2-4-5/h2-11,22H,1H3,(H,23,24)(H,19,20,21);5H,1-4,6H2. The lowest BCUT2D eigenvalue weighted by Gasteiger charge is -2.10. The summed E-state index contributed by atoms with van der Waals surface area (Å²) in [6, 6.07) is 16.8. The van der Waals surface area contributed by atoms with Gasteiger partial charge >= 0.3 is 6.09 Å². The molecule has 0 aliphatic heterocycles. The van der Waals surface area contributed by atoms with Crippen molar-refractivity contribution in [2.45, 2.75) is 31.7 Å². The van der Waals surface area contributed by atoms with Crippen LogP contribution in [0.1, 0.15) is 25.7 Å². The van der Waals surface area contributed by atoms with Crippen LogP contribution in [0.4, 0.5) is 22.0 Å². The topological polar surface area (TPSA) is 122 Å². The lowest BCUT2D eigenvalue weighted by atomic mass is 10.1. The fourth-order valence-corrected chi connectivity index (χ4v) is 3.29. The van der Waals surface area contributed by atoms with Crippen LogP contribution in [0.3, 0.4) is 0 Å². The van der Waals surface area contributed by atoms with Crippen LogP contribution in [-0.2, 0) is 0 Å². The molecule has 4 rings (SSSR count). The number of ether oxygens (including phenoxy) is 1. The molecule has 2 aromatic carbocycles. The zero-order valence-electron chi connectivity index (χ0n) is 17.4. The van der Waals surface area contributed by atoms with Gasteiger partial charge in [-0.15, -0.1) is 0 Å². The molecule has 8 nitrogen and oxygen atoms in total. The maximum absolute atomic E-state index is 10.6. The summed E-state index contributed by atoms with van der Waals surface area (Å²) in [5, 5.41) is 14.2. The van der Waals surface area contributed by atoms with Gasteiger partial charge in [0, 0.05) is 29.0 Å². The molecule has 0 unspecified atom stereocenters. The van der Waals surface area contributed by atoms with Gasteiger partial charge < -0.3 is 20.9 Å². The number of carboxylic acid groups (broad SMARTS) is 1. The summed E-state index contributed by atoms with van der Waals surface area (Å²) in [4.78, 5) is 19.1. The molecule has 1 saturated carbocycles. The maximum atomic E-state index is 10.6. The first-order chi connectivity index (χ1) is 15.0. The van der Waals surface area contributed by atoms with E-state index in [1.807, 2.05) is 30.3 Å². The van der Waals surface area contributed by atoms with Gasteiger partial charge in [0.15, 0.2) is 0 Å². The van der Waals surface area contributed by atoms with Gasteiger partial charge in [0.25, 0.3) is 0 Å². The third-order valence-corrected chi connectivity index (χ3v) is 4.86. The highest BCUT2D eigenvalue weighted by atomic mass is 16.5. The molecule has 1 heterocycles. The van der Waals surface area contributed by atoms with Gasteiger partial charge in [0.05, 0.1) is 12.8 Å². The van der Waals surface area contributed by atoms with E-state index >= 15 is 0 Å². The third-order valence-electron chi connectivity index (χ3n) is 4.86. The highest BCUT2D eigenvalue weighted by molar-refractivity contribution is 5.83. The second-order valence-electron chi connectivity index (χ2n) is 7.17. The minimum Gasteiger partial charge on any atom is -0.496 e. The fourth-order valence-electron chi connectivity index (χ4n) is 3.29. The molecular weight excluding hydrogens is 394 g/mol. The molecule has 8 heteroatoms. The molecule has 3 aromatic rings. The molecule has 1 aromatic heterocycles. The van der Waals surface area contributed by atoms with E-state index in [0.29, 0.717) is 17.5 Å². The number of rotatable bonds is 5. The van der Waals surface area contributed by atoms with Crippen LogP contribution in [0.2, 0.25) is 0 Å². The van der Waals surface area contributed by atoms with Crippen molar-refractivity contribution in [3.63, 3.8) is 0 Å². The number of carbonyl (C=O) groups is 1. The minimum absolute atomic E-state index is 0.496. The predicted octanol–water partition coefficient (Wildman–Crippen LogP) is 4.87. The van der Waals surface area contributed by atoms with Gasteiger partial charge in [0.2, 0.25) is 0 Å². The largest absolute Gasteiger partial charge is 0.496 e. The Morgan fingerprint density at radius 1 is 1.06 bits per heavy atom. The van der Waals surface area contributed by atoms with Crippen LogP contribution in [0.25, 0.3) is 11.3 Å². The molecule has 0 bridgehead atoms. The van der Waals surface area contributed by atoms with Crippen LogP contribution >= 0.6 is 0 Å². The normalized spacial score (nSPS) is 13.1. The number of amides is 1. The van der Waals surface area contributed by atoms with Crippen molar-refractivity contribution in [1.82, 2.24) is 9.97 Å². The predicted molar refractivity (Wildman–Crippen MR) is 122 cm³/mol. The number of benzene rings is 2. The zero-order chi connectivity index (χ0) is 22.1. The molecule has 1 aliphatic rings. The first-order valence-corrected chi connectivity index (χ1v) is 10.1. The summed E-state index contributed by atoms with van der Waals surface area (Å²) in [6.07, 6.45) is 5.63. The lowest BCUT2D eigenvalue weighted by Crippen LogP contribution is -2.13. The van der Waals surface area contributed by atoms with Crippen molar-refractivity contribution in [2.24, 2.45) is 5.73 Å². The molecule has 31 heavy (non-hydrogen) atoms. The Morgan fingerprint density at radius 3 is 2.35 bits per heavy atom. The Labute approximate surface area is 181 Å². The van der Waals surface area contributed by atoms with Crippen LogP contribution in [0, 0.1) is 0 Å². The molecule has 1 fully saturated rings. The number of methoxy groups -OCH3 is 1. The number of hydrogen-bond acceptors (Lipinski definition) is 6. The summed E-state index contributed by atoms with van der Waals surface area (Å²) in [7, 11) is 1.62. The van der Waals surface area contributed by atoms with Gasteiger partial charge in [-0.2, -0.15) is 0 Å². The van der Waals surface area contributed by atoms with Crippen LogP contribution in [0.5, 0.6) is 5.75 Å². The molecular formula is C23H27N5O3. The average molecular weight is 422 g/mol. The molecule has 0 atom stereocenters. The van der Waals surface area contributed by atoms with Crippen molar-refractivity contribution in [3.8, 4) is 17.0 Å². The van der Waals surface area contributed by atoms with Crippen LogP contribution < -0.4 is 21.1 Å². The van der Waals surface area contributed by atoms with E-state index in [0.717, 1.165) is 22.7 Å². The van der Waals surface area contributed by atoms with Gasteiger partial charge in [-0.05, 0) is 49.2 Å². The summed E-state index contributed by atoms with van der Waals surface area (Å²) in [6.45, 7) is 0. The summed E-state index contributed by atoms with van der Waals surface area (Å²) in [5.41, 5.74) is 8.42. The summed E-state index contributed by atoms with van der Waals surface area (Å²) >= 11 is 0. The Hall–Kier alpha value is -3.65. The first-order valence-electron chi connectivity index (χ1n) is 10.1. The van der Waals surface area contributed by atoms with Crippen molar-refractivity contribution in [1.29, 1.82) is 0 Å². The van der Waals surface area contributed by atoms with E-state index in [2.05, 4.69) is 20.6 Å². The van der Waals surface area contributed by atoms with E-state index < -0.39 is 6.09 Å². The van der Waals surface area contributed by atoms with Crippen molar-refractivity contribution < 1.29 is 14.6 Å². The molecule has 162 valence electrons. The Kier molecular flexibility index (Phi) is 7.78. The molecule has 5 N–H and O–H groups in total. The second-order valence-corrected chi connectivity index (χ2v) is 7.17. The van der Waals surface area contributed by atoms with Crippen molar-refractivity contribution >= 4 is 23.3 Å². The number of aromatic nitrogens is 2. The Morgan fingerprint density at radius 2 is 1.74 bits per heavy atom. The SMILES string of the molecule is COc1ccccc1-c1cc(Nc2ccc(NC(=O)O)cc2)ncn1.NC1CCCC1. The van der Waals surface area contributed by atoms with Crippen LogP contribution in [0.15, 0.2) is 60.9 Å². The third kappa shape index (κ3) is 6.68. The van der Waals surface area contributed by atoms with E-state index in [9.17, 15) is 4.79 Å². The van der Waals surface area contributed by atoms with Crippen molar-refractivity contribution in [2.75, 3.05) is 17.7 Å². The van der Waals surface area contributed by atoms with Crippen LogP contribution in [-0.4, -0.2) is 34.3 Å². The molecule has 0 spiro atoms. The highest BCUT2D eigenvalue weighted by Gasteiger charge is 2.08. The van der Waals surface area contributed by atoms with Gasteiger partial charge in [-0.3, -0.25) is 5.32 Å². The highest BCUT2D eigenvalue weighted by Crippen LogP contribution is 2.29. The average Bonchev–Trinajstić information content (AvgIpc) is 3.26. The number of hydrogen-bond donors (Lipinski definition) is 4. The number of anilines is 3. The van der Waals surface area contributed by atoms with Gasteiger partial charge in [-0.1, -0.05) is 25.0 Å². The van der Waals surface area contributed by atoms with E-state index in [4.69, 9.17) is 15.6 Å². The number of nitrogens with one attached hydrogen (secondary N) is 2. The fraction of sp³-hybridized carbons (Fsp3) is 0.261. The second kappa shape index (κ2) is 10.9.